The summed E-state index contributed by atoms with van der Waals surface area (Å²) in [5.41, 5.74) is 0.746. The maximum Gasteiger partial charge on any atom is 0.331 e. The van der Waals surface area contributed by atoms with Crippen molar-refractivity contribution in [2.45, 2.75) is 6.04 Å². The quantitative estimate of drug-likeness (QED) is 0.852. The maximum atomic E-state index is 11.1. The third kappa shape index (κ3) is 2.38. The minimum atomic E-state index is -0.890. The van der Waals surface area contributed by atoms with Gasteiger partial charge in [-0.2, -0.15) is 0 Å². The monoisotopic (exact) mass is 234 g/mol. The Morgan fingerprint density at radius 3 is 2.69 bits per heavy atom. The highest BCUT2D eigenvalue weighted by Gasteiger charge is 2.20. The number of nitrogens with zero attached hydrogens (tertiary/aromatic N) is 1. The molecule has 4 nitrogen and oxygen atoms in total. The van der Waals surface area contributed by atoms with Gasteiger partial charge in [0.2, 0.25) is 0 Å². The molecule has 1 atom stereocenters. The molecule has 0 saturated carbocycles. The van der Waals surface area contributed by atoms with E-state index in [4.69, 9.17) is 5.11 Å². The lowest BCUT2D eigenvalue weighted by Gasteiger charge is -2.13. The zero-order valence-corrected chi connectivity index (χ0v) is 9.15. The molecule has 0 fully saturated rings. The van der Waals surface area contributed by atoms with E-state index >= 15 is 0 Å². The van der Waals surface area contributed by atoms with Crippen LogP contribution < -0.4 is 5.32 Å². The lowest BCUT2D eigenvalue weighted by atomic mass is 10.2. The van der Waals surface area contributed by atoms with E-state index < -0.39 is 12.0 Å². The third-order valence-electron chi connectivity index (χ3n) is 2.07. The fourth-order valence-electron chi connectivity index (χ4n) is 1.32. The molecule has 5 heteroatoms. The summed E-state index contributed by atoms with van der Waals surface area (Å²) in [6, 6.07) is 6.41. The summed E-state index contributed by atoms with van der Waals surface area (Å²) in [6.07, 6.45) is 3.24. The van der Waals surface area contributed by atoms with E-state index in [1.165, 1.54) is 11.3 Å². The van der Waals surface area contributed by atoms with E-state index in [0.29, 0.717) is 0 Å². The highest BCUT2D eigenvalue weighted by atomic mass is 32.1. The predicted octanol–water partition coefficient (Wildman–Crippen LogP) is 2.38. The van der Waals surface area contributed by atoms with Gasteiger partial charge in [-0.05, 0) is 23.6 Å². The Hall–Kier alpha value is -1.88. The van der Waals surface area contributed by atoms with Gasteiger partial charge in [-0.15, -0.1) is 11.3 Å². The fourth-order valence-corrected chi connectivity index (χ4v) is 2.09. The number of carboxylic acid groups (broad SMARTS) is 1. The van der Waals surface area contributed by atoms with Crippen molar-refractivity contribution in [1.29, 1.82) is 0 Å². The van der Waals surface area contributed by atoms with Gasteiger partial charge in [0.05, 0.1) is 0 Å². The Morgan fingerprint density at radius 2 is 2.12 bits per heavy atom. The van der Waals surface area contributed by atoms with Crippen LogP contribution in [0.2, 0.25) is 0 Å². The summed E-state index contributed by atoms with van der Waals surface area (Å²) >= 11 is 1.42. The number of aromatic nitrogens is 1. The first-order valence-corrected chi connectivity index (χ1v) is 5.58. The number of hydrogen-bond acceptors (Lipinski definition) is 4. The lowest BCUT2D eigenvalue weighted by Crippen LogP contribution is -2.19. The van der Waals surface area contributed by atoms with E-state index in [9.17, 15) is 4.79 Å². The normalized spacial score (nSPS) is 12.0. The van der Waals surface area contributed by atoms with Crippen LogP contribution in [-0.2, 0) is 4.79 Å². The molecule has 0 bridgehead atoms. The van der Waals surface area contributed by atoms with Crippen LogP contribution in [-0.4, -0.2) is 16.1 Å². The van der Waals surface area contributed by atoms with Crippen molar-refractivity contribution in [3.63, 3.8) is 0 Å². The summed E-state index contributed by atoms with van der Waals surface area (Å²) in [6.45, 7) is 0. The standard InChI is InChI=1S/C11H10N2O2S/c14-11(15)10(9-2-1-7-16-9)13-8-3-5-12-6-4-8/h1-7,10H,(H,12,13)(H,14,15). The molecule has 2 heterocycles. The Bertz CT molecular complexity index is 456. The van der Waals surface area contributed by atoms with Crippen molar-refractivity contribution in [3.05, 3.63) is 46.9 Å². The average Bonchev–Trinajstić information content (AvgIpc) is 2.80. The zero-order chi connectivity index (χ0) is 11.4. The van der Waals surface area contributed by atoms with Crippen molar-refractivity contribution >= 4 is 23.0 Å². The van der Waals surface area contributed by atoms with Crippen LogP contribution in [0.5, 0.6) is 0 Å². The largest absolute Gasteiger partial charge is 0.479 e. The van der Waals surface area contributed by atoms with Crippen LogP contribution >= 0.6 is 11.3 Å². The van der Waals surface area contributed by atoms with Gasteiger partial charge in [-0.1, -0.05) is 6.07 Å². The molecule has 1 unspecified atom stereocenters. The molecular weight excluding hydrogens is 224 g/mol. The number of carboxylic acids is 1. The number of pyridine rings is 1. The van der Waals surface area contributed by atoms with E-state index in [-0.39, 0.29) is 0 Å². The highest BCUT2D eigenvalue weighted by Crippen LogP contribution is 2.23. The van der Waals surface area contributed by atoms with Crippen LogP contribution in [0.1, 0.15) is 10.9 Å². The molecule has 0 aliphatic carbocycles. The third-order valence-corrected chi connectivity index (χ3v) is 3.00. The predicted molar refractivity (Wildman–Crippen MR) is 62.6 cm³/mol. The van der Waals surface area contributed by atoms with E-state index in [1.54, 1.807) is 30.6 Å². The van der Waals surface area contributed by atoms with Crippen molar-refractivity contribution in [3.8, 4) is 0 Å². The second-order valence-electron chi connectivity index (χ2n) is 3.17. The van der Waals surface area contributed by atoms with Gasteiger partial charge in [0.1, 0.15) is 0 Å². The topological polar surface area (TPSA) is 62.2 Å². The van der Waals surface area contributed by atoms with Crippen LogP contribution in [0.15, 0.2) is 42.0 Å². The van der Waals surface area contributed by atoms with E-state index in [2.05, 4.69) is 10.3 Å². The second-order valence-corrected chi connectivity index (χ2v) is 4.15. The van der Waals surface area contributed by atoms with Gasteiger partial charge in [-0.3, -0.25) is 4.98 Å². The number of thiophene rings is 1. The highest BCUT2D eigenvalue weighted by molar-refractivity contribution is 7.10. The lowest BCUT2D eigenvalue weighted by molar-refractivity contribution is -0.138. The SMILES string of the molecule is O=C(O)C(Nc1ccncc1)c1cccs1. The summed E-state index contributed by atoms with van der Waals surface area (Å²) in [5, 5.41) is 13.9. The molecule has 2 rings (SSSR count). The van der Waals surface area contributed by atoms with Crippen LogP contribution in [0.3, 0.4) is 0 Å². The van der Waals surface area contributed by atoms with Gasteiger partial charge in [-0.25, -0.2) is 4.79 Å². The second kappa shape index (κ2) is 4.76. The van der Waals surface area contributed by atoms with Crippen LogP contribution in [0.25, 0.3) is 0 Å². The zero-order valence-electron chi connectivity index (χ0n) is 8.33. The molecule has 2 aromatic heterocycles. The van der Waals surface area contributed by atoms with Gasteiger partial charge < -0.3 is 10.4 Å². The number of carbonyl (C=O) groups is 1. The van der Waals surface area contributed by atoms with Crippen molar-refractivity contribution < 1.29 is 9.90 Å². The van der Waals surface area contributed by atoms with Gasteiger partial charge in [0.25, 0.3) is 0 Å². The number of hydrogen-bond donors (Lipinski definition) is 2. The van der Waals surface area contributed by atoms with E-state index in [1.807, 2.05) is 11.4 Å². The smallest absolute Gasteiger partial charge is 0.331 e. The first kappa shape index (κ1) is 10.6. The molecule has 0 aromatic carbocycles. The Balaban J connectivity index is 2.19. The van der Waals surface area contributed by atoms with Crippen molar-refractivity contribution in [1.82, 2.24) is 4.98 Å². The van der Waals surface area contributed by atoms with E-state index in [0.717, 1.165) is 10.6 Å². The fraction of sp³-hybridized carbons (Fsp3) is 0.0909. The van der Waals surface area contributed by atoms with Crippen LogP contribution in [0.4, 0.5) is 5.69 Å². The molecule has 2 aromatic rings. The van der Waals surface area contributed by atoms with Crippen molar-refractivity contribution in [2.24, 2.45) is 0 Å². The number of aliphatic carboxylic acids is 1. The van der Waals surface area contributed by atoms with Crippen molar-refractivity contribution in [2.75, 3.05) is 5.32 Å². The van der Waals surface area contributed by atoms with Gasteiger partial charge in [0.15, 0.2) is 6.04 Å². The Morgan fingerprint density at radius 1 is 1.38 bits per heavy atom. The first-order valence-electron chi connectivity index (χ1n) is 4.70. The molecule has 16 heavy (non-hydrogen) atoms. The van der Waals surface area contributed by atoms with Gasteiger partial charge >= 0.3 is 5.97 Å². The number of rotatable bonds is 4. The molecule has 0 aliphatic rings. The summed E-state index contributed by atoms with van der Waals surface area (Å²) in [4.78, 5) is 15.8. The maximum absolute atomic E-state index is 11.1. The number of anilines is 1. The first-order chi connectivity index (χ1) is 7.77. The molecule has 0 spiro atoms. The summed E-state index contributed by atoms with van der Waals surface area (Å²) < 4.78 is 0. The minimum Gasteiger partial charge on any atom is -0.479 e. The molecule has 2 N–H and O–H groups in total. The van der Waals surface area contributed by atoms with Gasteiger partial charge in [0, 0.05) is 23.0 Å². The molecule has 0 saturated heterocycles. The molecule has 0 radical (unpaired) electrons. The minimum absolute atomic E-state index is 0.706. The Kier molecular flexibility index (Phi) is 3.16. The molecule has 0 aliphatic heterocycles. The molecular formula is C11H10N2O2S. The summed E-state index contributed by atoms with van der Waals surface area (Å²) in [7, 11) is 0. The average molecular weight is 234 g/mol. The number of nitrogens with one attached hydrogen (secondary N) is 1. The summed E-state index contributed by atoms with van der Waals surface area (Å²) in [5.74, 6) is -0.890. The molecule has 82 valence electrons. The van der Waals surface area contributed by atoms with Crippen LogP contribution in [0, 0.1) is 0 Å². The Labute approximate surface area is 96.6 Å². The molecule has 0 amide bonds.